The van der Waals surface area contributed by atoms with E-state index in [9.17, 15) is 0 Å². The van der Waals surface area contributed by atoms with E-state index in [1.54, 1.807) is 0 Å². The molecule has 0 amide bonds. The Morgan fingerprint density at radius 1 is 1.09 bits per heavy atom. The highest BCUT2D eigenvalue weighted by atomic mass is 35.5. The van der Waals surface area contributed by atoms with E-state index in [4.69, 9.17) is 5.73 Å². The number of hydrogen-bond donors (Lipinski definition) is 1. The molecule has 0 heterocycles. The quantitative estimate of drug-likeness (QED) is 0.655. The van der Waals surface area contributed by atoms with Gasteiger partial charge in [-0.15, -0.1) is 12.4 Å². The fourth-order valence-corrected chi connectivity index (χ4v) is 1.62. The van der Waals surface area contributed by atoms with Gasteiger partial charge >= 0.3 is 0 Å². The second-order valence-corrected chi connectivity index (χ2v) is 3.53. The van der Waals surface area contributed by atoms with Gasteiger partial charge < -0.3 is 10.6 Å². The van der Waals surface area contributed by atoms with Gasteiger partial charge in [-0.05, 0) is 39.8 Å². The first-order chi connectivity index (χ1) is 4.70. The van der Waals surface area contributed by atoms with E-state index in [0.717, 1.165) is 6.04 Å². The van der Waals surface area contributed by atoms with Crippen molar-refractivity contribution in [1.82, 2.24) is 4.90 Å². The molecule has 0 aromatic rings. The van der Waals surface area contributed by atoms with Crippen LogP contribution in [-0.2, 0) is 0 Å². The maximum absolute atomic E-state index is 5.78. The second-order valence-electron chi connectivity index (χ2n) is 3.53. The maximum atomic E-state index is 5.78. The summed E-state index contributed by atoms with van der Waals surface area (Å²) in [5, 5.41) is 0. The summed E-state index contributed by atoms with van der Waals surface area (Å²) in [6.45, 7) is 0. The summed E-state index contributed by atoms with van der Waals surface area (Å²) in [6, 6.07) is 1.27. The first kappa shape index (κ1) is 11.2. The van der Waals surface area contributed by atoms with E-state index in [2.05, 4.69) is 19.0 Å². The van der Waals surface area contributed by atoms with Gasteiger partial charge in [0.15, 0.2) is 0 Å². The predicted molar refractivity (Wildman–Crippen MR) is 51.2 cm³/mol. The Labute approximate surface area is 75.5 Å². The Kier molecular flexibility index (Phi) is 5.06. The lowest BCUT2D eigenvalue weighted by atomic mass is 9.91. The van der Waals surface area contributed by atoms with Crippen LogP contribution in [0, 0.1) is 0 Å². The smallest absolute Gasteiger partial charge is 0.00903 e. The van der Waals surface area contributed by atoms with Crippen molar-refractivity contribution in [3.63, 3.8) is 0 Å². The van der Waals surface area contributed by atoms with E-state index < -0.39 is 0 Å². The minimum absolute atomic E-state index is 0. The molecular weight excluding hydrogens is 160 g/mol. The maximum Gasteiger partial charge on any atom is 0.00903 e. The van der Waals surface area contributed by atoms with Crippen LogP contribution in [0.3, 0.4) is 0 Å². The van der Waals surface area contributed by atoms with Gasteiger partial charge in [0.2, 0.25) is 0 Å². The van der Waals surface area contributed by atoms with Gasteiger partial charge in [-0.2, -0.15) is 0 Å². The van der Waals surface area contributed by atoms with Crippen molar-refractivity contribution in [2.75, 3.05) is 14.1 Å². The molecule has 1 rings (SSSR count). The van der Waals surface area contributed by atoms with E-state index in [-0.39, 0.29) is 12.4 Å². The van der Waals surface area contributed by atoms with Crippen LogP contribution in [0.5, 0.6) is 0 Å². The highest BCUT2D eigenvalue weighted by Crippen LogP contribution is 2.19. The van der Waals surface area contributed by atoms with Crippen LogP contribution in [0.25, 0.3) is 0 Å². The standard InChI is InChI=1S/C8H18N2.ClH/c1-10(2)8-5-3-7(9)4-6-8;/h7-8H,3-6,9H2,1-2H3;1H. The predicted octanol–water partition coefficient (Wildman–Crippen LogP) is 1.24. The van der Waals surface area contributed by atoms with Crippen molar-refractivity contribution >= 4 is 12.4 Å². The Morgan fingerprint density at radius 2 is 1.55 bits per heavy atom. The average Bonchev–Trinajstić information content (AvgIpc) is 1.88. The molecule has 1 fully saturated rings. The molecule has 11 heavy (non-hydrogen) atoms. The molecule has 0 aliphatic heterocycles. The fourth-order valence-electron chi connectivity index (χ4n) is 1.62. The summed E-state index contributed by atoms with van der Waals surface area (Å²) in [5.41, 5.74) is 5.78. The molecule has 0 atom stereocenters. The molecule has 0 bridgehead atoms. The molecule has 1 saturated carbocycles. The topological polar surface area (TPSA) is 29.3 Å². The third kappa shape index (κ3) is 3.41. The zero-order chi connectivity index (χ0) is 7.56. The van der Waals surface area contributed by atoms with Crippen molar-refractivity contribution < 1.29 is 0 Å². The Morgan fingerprint density at radius 3 is 1.91 bits per heavy atom. The number of nitrogens with zero attached hydrogens (tertiary/aromatic N) is 1. The highest BCUT2D eigenvalue weighted by molar-refractivity contribution is 5.85. The molecule has 0 unspecified atom stereocenters. The zero-order valence-corrected chi connectivity index (χ0v) is 8.23. The van der Waals surface area contributed by atoms with Crippen LogP contribution in [-0.4, -0.2) is 31.1 Å². The lowest BCUT2D eigenvalue weighted by Crippen LogP contribution is -2.36. The Balaban J connectivity index is 0.000001000. The van der Waals surface area contributed by atoms with Gasteiger partial charge in [-0.1, -0.05) is 0 Å². The molecule has 68 valence electrons. The van der Waals surface area contributed by atoms with Gasteiger partial charge in [0.05, 0.1) is 0 Å². The van der Waals surface area contributed by atoms with Gasteiger partial charge in [-0.25, -0.2) is 0 Å². The van der Waals surface area contributed by atoms with Gasteiger partial charge in [0.1, 0.15) is 0 Å². The van der Waals surface area contributed by atoms with Crippen LogP contribution in [0.4, 0.5) is 0 Å². The van der Waals surface area contributed by atoms with Crippen molar-refractivity contribution in [2.24, 2.45) is 5.73 Å². The van der Waals surface area contributed by atoms with Crippen LogP contribution in [0.2, 0.25) is 0 Å². The molecule has 0 saturated heterocycles. The normalized spacial score (nSPS) is 31.6. The van der Waals surface area contributed by atoms with Gasteiger partial charge in [0.25, 0.3) is 0 Å². The van der Waals surface area contributed by atoms with E-state index in [0.29, 0.717) is 6.04 Å². The van der Waals surface area contributed by atoms with Gasteiger partial charge in [-0.3, -0.25) is 0 Å². The summed E-state index contributed by atoms with van der Waals surface area (Å²) >= 11 is 0. The Hall–Kier alpha value is 0.210. The first-order valence-corrected chi connectivity index (χ1v) is 4.12. The molecule has 1 aliphatic rings. The number of rotatable bonds is 1. The lowest BCUT2D eigenvalue weighted by molar-refractivity contribution is 0.217. The summed E-state index contributed by atoms with van der Waals surface area (Å²) in [7, 11) is 4.31. The van der Waals surface area contributed by atoms with E-state index in [1.807, 2.05) is 0 Å². The van der Waals surface area contributed by atoms with Crippen LogP contribution in [0.15, 0.2) is 0 Å². The third-order valence-electron chi connectivity index (χ3n) is 2.47. The van der Waals surface area contributed by atoms with Crippen LogP contribution < -0.4 is 5.73 Å². The monoisotopic (exact) mass is 178 g/mol. The summed E-state index contributed by atoms with van der Waals surface area (Å²) in [5.74, 6) is 0. The Bertz CT molecular complexity index is 98.3. The van der Waals surface area contributed by atoms with Crippen molar-refractivity contribution in [3.8, 4) is 0 Å². The molecule has 0 spiro atoms. The molecule has 2 N–H and O–H groups in total. The average molecular weight is 179 g/mol. The second kappa shape index (κ2) is 4.96. The van der Waals surface area contributed by atoms with Crippen molar-refractivity contribution in [2.45, 2.75) is 37.8 Å². The molecule has 3 heteroatoms. The number of halogens is 1. The molecule has 0 aromatic heterocycles. The fraction of sp³-hybridized carbons (Fsp3) is 1.00. The number of hydrogen-bond acceptors (Lipinski definition) is 2. The summed E-state index contributed by atoms with van der Waals surface area (Å²) in [6.07, 6.45) is 4.99. The molecule has 0 radical (unpaired) electrons. The lowest BCUT2D eigenvalue weighted by Gasteiger charge is -2.30. The van der Waals surface area contributed by atoms with Crippen LogP contribution >= 0.6 is 12.4 Å². The van der Waals surface area contributed by atoms with Gasteiger partial charge in [0, 0.05) is 12.1 Å². The minimum Gasteiger partial charge on any atom is -0.328 e. The van der Waals surface area contributed by atoms with E-state index in [1.165, 1.54) is 25.7 Å². The summed E-state index contributed by atoms with van der Waals surface area (Å²) in [4.78, 5) is 2.31. The molecular formula is C8H19ClN2. The zero-order valence-electron chi connectivity index (χ0n) is 7.42. The SMILES string of the molecule is CN(C)C1CCC(N)CC1.Cl. The number of nitrogens with two attached hydrogens (primary N) is 1. The molecule has 1 aliphatic carbocycles. The van der Waals surface area contributed by atoms with Crippen LogP contribution in [0.1, 0.15) is 25.7 Å². The highest BCUT2D eigenvalue weighted by Gasteiger charge is 2.19. The largest absolute Gasteiger partial charge is 0.328 e. The third-order valence-corrected chi connectivity index (χ3v) is 2.47. The summed E-state index contributed by atoms with van der Waals surface area (Å²) < 4.78 is 0. The minimum atomic E-state index is 0. The van der Waals surface area contributed by atoms with Crippen molar-refractivity contribution in [3.05, 3.63) is 0 Å². The van der Waals surface area contributed by atoms with Crippen molar-refractivity contribution in [1.29, 1.82) is 0 Å². The molecule has 0 aromatic carbocycles. The van der Waals surface area contributed by atoms with E-state index >= 15 is 0 Å². The molecule has 2 nitrogen and oxygen atoms in total. The first-order valence-electron chi connectivity index (χ1n) is 4.12.